The minimum Gasteiger partial charge on any atom is -0.480 e. The third-order valence-corrected chi connectivity index (χ3v) is 3.31. The molecule has 0 heterocycles. The van der Waals surface area contributed by atoms with E-state index in [1.54, 1.807) is 44.1 Å². The first-order valence-electron chi connectivity index (χ1n) is 4.66. The zero-order valence-electron chi connectivity index (χ0n) is 9.29. The summed E-state index contributed by atoms with van der Waals surface area (Å²) in [6.07, 6.45) is 0. The third kappa shape index (κ3) is 2.17. The zero-order chi connectivity index (χ0) is 12.5. The Balaban J connectivity index is 3.38. The number of hydrogen-bond donors (Lipinski definition) is 1. The van der Waals surface area contributed by atoms with E-state index in [1.807, 2.05) is 0 Å². The van der Waals surface area contributed by atoms with Crippen molar-refractivity contribution in [3.05, 3.63) is 33.8 Å². The first-order chi connectivity index (χ1) is 7.30. The van der Waals surface area contributed by atoms with Crippen LogP contribution in [0.5, 0.6) is 0 Å². The SMILES string of the molecule is CN(C)C(C)(C(=O)O)c1ccc(Cl)cc1Cl. The van der Waals surface area contributed by atoms with E-state index in [2.05, 4.69) is 0 Å². The van der Waals surface area contributed by atoms with Crippen LogP contribution in [0.3, 0.4) is 0 Å². The summed E-state index contributed by atoms with van der Waals surface area (Å²) >= 11 is 11.8. The summed E-state index contributed by atoms with van der Waals surface area (Å²) in [5, 5.41) is 10.2. The molecular weight excluding hydrogens is 249 g/mol. The van der Waals surface area contributed by atoms with Gasteiger partial charge in [0, 0.05) is 15.6 Å². The van der Waals surface area contributed by atoms with Gasteiger partial charge in [0.05, 0.1) is 0 Å². The zero-order valence-corrected chi connectivity index (χ0v) is 10.8. The number of benzene rings is 1. The fourth-order valence-electron chi connectivity index (χ4n) is 1.43. The van der Waals surface area contributed by atoms with E-state index in [0.29, 0.717) is 15.6 Å². The lowest BCUT2D eigenvalue weighted by Gasteiger charge is -2.33. The largest absolute Gasteiger partial charge is 0.480 e. The van der Waals surface area contributed by atoms with Gasteiger partial charge in [0.2, 0.25) is 0 Å². The maximum atomic E-state index is 11.4. The highest BCUT2D eigenvalue weighted by Gasteiger charge is 2.39. The summed E-state index contributed by atoms with van der Waals surface area (Å²) in [6.45, 7) is 1.60. The van der Waals surface area contributed by atoms with Gasteiger partial charge in [-0.3, -0.25) is 4.90 Å². The van der Waals surface area contributed by atoms with E-state index in [4.69, 9.17) is 23.2 Å². The fraction of sp³-hybridized carbons (Fsp3) is 0.364. The van der Waals surface area contributed by atoms with Crippen molar-refractivity contribution in [3.63, 3.8) is 0 Å². The Hall–Kier alpha value is -0.770. The Morgan fingerprint density at radius 3 is 2.31 bits per heavy atom. The van der Waals surface area contributed by atoms with Gasteiger partial charge >= 0.3 is 5.97 Å². The Morgan fingerprint density at radius 2 is 1.94 bits per heavy atom. The van der Waals surface area contributed by atoms with Crippen LogP contribution in [0.2, 0.25) is 10.0 Å². The molecule has 1 rings (SSSR count). The van der Waals surface area contributed by atoms with E-state index in [0.717, 1.165) is 0 Å². The van der Waals surface area contributed by atoms with Gasteiger partial charge in [-0.15, -0.1) is 0 Å². The highest BCUT2D eigenvalue weighted by Crippen LogP contribution is 2.33. The average molecular weight is 262 g/mol. The van der Waals surface area contributed by atoms with Crippen LogP contribution in [-0.4, -0.2) is 30.1 Å². The van der Waals surface area contributed by atoms with E-state index in [9.17, 15) is 9.90 Å². The lowest BCUT2D eigenvalue weighted by molar-refractivity contribution is -0.149. The number of carbonyl (C=O) groups is 1. The predicted octanol–water partition coefficient (Wildman–Crippen LogP) is 2.85. The molecule has 5 heteroatoms. The lowest BCUT2D eigenvalue weighted by Crippen LogP contribution is -2.45. The van der Waals surface area contributed by atoms with Crippen molar-refractivity contribution in [1.29, 1.82) is 0 Å². The molecule has 0 fully saturated rings. The number of carboxylic acids is 1. The quantitative estimate of drug-likeness (QED) is 0.910. The van der Waals surface area contributed by atoms with Gasteiger partial charge in [-0.1, -0.05) is 29.3 Å². The molecule has 88 valence electrons. The number of aliphatic carboxylic acids is 1. The number of hydrogen-bond acceptors (Lipinski definition) is 2. The van der Waals surface area contributed by atoms with Crippen molar-refractivity contribution in [2.75, 3.05) is 14.1 Å². The van der Waals surface area contributed by atoms with Crippen molar-refractivity contribution >= 4 is 29.2 Å². The molecule has 1 atom stereocenters. The van der Waals surface area contributed by atoms with Crippen LogP contribution >= 0.6 is 23.2 Å². The van der Waals surface area contributed by atoms with Crippen LogP contribution in [0.1, 0.15) is 12.5 Å². The predicted molar refractivity (Wildman–Crippen MR) is 65.1 cm³/mol. The summed E-state index contributed by atoms with van der Waals surface area (Å²) in [7, 11) is 3.39. The number of rotatable bonds is 3. The summed E-state index contributed by atoms with van der Waals surface area (Å²) in [4.78, 5) is 13.0. The number of halogens is 2. The van der Waals surface area contributed by atoms with Gasteiger partial charge in [-0.25, -0.2) is 4.79 Å². The second-order valence-corrected chi connectivity index (χ2v) is 4.74. The average Bonchev–Trinajstić information content (AvgIpc) is 2.15. The van der Waals surface area contributed by atoms with E-state index in [-0.39, 0.29) is 0 Å². The molecule has 1 aromatic carbocycles. The molecular formula is C11H13Cl2NO2. The van der Waals surface area contributed by atoms with Crippen molar-refractivity contribution < 1.29 is 9.90 Å². The van der Waals surface area contributed by atoms with Crippen molar-refractivity contribution in [3.8, 4) is 0 Å². The van der Waals surface area contributed by atoms with Gasteiger partial charge in [-0.2, -0.15) is 0 Å². The molecule has 16 heavy (non-hydrogen) atoms. The smallest absolute Gasteiger partial charge is 0.328 e. The summed E-state index contributed by atoms with van der Waals surface area (Å²) in [5.74, 6) is -0.957. The maximum absolute atomic E-state index is 11.4. The number of likely N-dealkylation sites (N-methyl/N-ethyl adjacent to an activating group) is 1. The fourth-order valence-corrected chi connectivity index (χ4v) is 2.02. The first-order valence-corrected chi connectivity index (χ1v) is 5.42. The van der Waals surface area contributed by atoms with Gasteiger partial charge in [0.1, 0.15) is 5.54 Å². The van der Waals surface area contributed by atoms with Crippen LogP contribution in [0.25, 0.3) is 0 Å². The number of nitrogens with zero attached hydrogens (tertiary/aromatic N) is 1. The molecule has 0 saturated heterocycles. The van der Waals surface area contributed by atoms with E-state index < -0.39 is 11.5 Å². The highest BCUT2D eigenvalue weighted by molar-refractivity contribution is 6.35. The van der Waals surface area contributed by atoms with Crippen LogP contribution in [0, 0.1) is 0 Å². The lowest BCUT2D eigenvalue weighted by atomic mass is 9.91. The van der Waals surface area contributed by atoms with Gasteiger partial charge in [-0.05, 0) is 33.2 Å². The summed E-state index contributed by atoms with van der Waals surface area (Å²) in [6, 6.07) is 4.81. The molecule has 0 aliphatic carbocycles. The molecule has 3 nitrogen and oxygen atoms in total. The molecule has 0 aliphatic rings. The molecule has 0 aliphatic heterocycles. The molecule has 0 bridgehead atoms. The summed E-state index contributed by atoms with van der Waals surface area (Å²) < 4.78 is 0. The van der Waals surface area contributed by atoms with Crippen molar-refractivity contribution in [1.82, 2.24) is 4.90 Å². The molecule has 1 unspecified atom stereocenters. The third-order valence-electron chi connectivity index (χ3n) is 2.77. The number of carboxylic acid groups (broad SMARTS) is 1. The normalized spacial score (nSPS) is 14.9. The molecule has 1 N–H and O–H groups in total. The first kappa shape index (κ1) is 13.3. The van der Waals surface area contributed by atoms with Gasteiger partial charge < -0.3 is 5.11 Å². The maximum Gasteiger partial charge on any atom is 0.328 e. The topological polar surface area (TPSA) is 40.5 Å². The van der Waals surface area contributed by atoms with Gasteiger partial charge in [0.15, 0.2) is 0 Å². The van der Waals surface area contributed by atoms with Crippen LogP contribution in [-0.2, 0) is 10.3 Å². The standard InChI is InChI=1S/C11H13Cl2NO2/c1-11(10(15)16,14(2)3)8-5-4-7(12)6-9(8)13/h4-6H,1-3H3,(H,15,16). The molecule has 1 aromatic rings. The monoisotopic (exact) mass is 261 g/mol. The van der Waals surface area contributed by atoms with Crippen molar-refractivity contribution in [2.45, 2.75) is 12.5 Å². The van der Waals surface area contributed by atoms with Crippen molar-refractivity contribution in [2.24, 2.45) is 0 Å². The Kier molecular flexibility index (Phi) is 3.84. The molecule has 0 spiro atoms. The van der Waals surface area contributed by atoms with E-state index >= 15 is 0 Å². The molecule has 0 amide bonds. The molecule has 0 saturated carbocycles. The van der Waals surface area contributed by atoms with Crippen LogP contribution in [0.4, 0.5) is 0 Å². The minimum atomic E-state index is -1.17. The van der Waals surface area contributed by atoms with Crippen LogP contribution < -0.4 is 0 Å². The second kappa shape index (κ2) is 4.62. The molecule has 0 radical (unpaired) electrons. The summed E-state index contributed by atoms with van der Waals surface area (Å²) in [5.41, 5.74) is -0.641. The minimum absolute atomic E-state index is 0.353. The van der Waals surface area contributed by atoms with E-state index in [1.165, 1.54) is 0 Å². The Labute approximate surface area is 105 Å². The Bertz CT molecular complexity index is 420. The Morgan fingerprint density at radius 1 is 1.38 bits per heavy atom. The second-order valence-electron chi connectivity index (χ2n) is 3.90. The molecule has 0 aromatic heterocycles. The highest BCUT2D eigenvalue weighted by atomic mass is 35.5. The van der Waals surface area contributed by atoms with Gasteiger partial charge in [0.25, 0.3) is 0 Å². The van der Waals surface area contributed by atoms with Crippen LogP contribution in [0.15, 0.2) is 18.2 Å².